The lowest BCUT2D eigenvalue weighted by Crippen LogP contribution is -2.40. The van der Waals surface area contributed by atoms with E-state index in [-0.39, 0.29) is 0 Å². The van der Waals surface area contributed by atoms with Crippen molar-refractivity contribution in [1.29, 1.82) is 0 Å². The molecule has 3 unspecified atom stereocenters. The molecule has 0 saturated heterocycles. The van der Waals surface area contributed by atoms with Crippen LogP contribution in [0.2, 0.25) is 0 Å². The Morgan fingerprint density at radius 3 is 2.20 bits per heavy atom. The first-order valence-corrected chi connectivity index (χ1v) is 7.03. The van der Waals surface area contributed by atoms with Crippen molar-refractivity contribution >= 4 is 0 Å². The molecule has 0 aliphatic heterocycles. The molecule has 2 aliphatic rings. The molecule has 0 spiro atoms. The number of nitrogens with two attached hydrogens (primary N) is 1. The van der Waals surface area contributed by atoms with Gasteiger partial charge in [0.1, 0.15) is 0 Å². The summed E-state index contributed by atoms with van der Waals surface area (Å²) in [5.74, 6) is 2.63. The average molecular weight is 209 g/mol. The first-order valence-electron chi connectivity index (χ1n) is 7.03. The number of rotatable bonds is 2. The first kappa shape index (κ1) is 11.4. The summed E-state index contributed by atoms with van der Waals surface area (Å²) in [7, 11) is 0. The Morgan fingerprint density at radius 1 is 0.867 bits per heavy atom. The third-order valence-electron chi connectivity index (χ3n) is 4.72. The molecule has 2 saturated carbocycles. The minimum absolute atomic E-state index is 0.521. The number of hydrogen-bond donors (Lipinski definition) is 1. The smallest absolute Gasteiger partial charge is 0.00957 e. The second-order valence-electron chi connectivity index (χ2n) is 6.01. The average Bonchev–Trinajstić information content (AvgIpc) is 2.29. The van der Waals surface area contributed by atoms with Crippen molar-refractivity contribution in [3.05, 3.63) is 0 Å². The normalized spacial score (nSPS) is 36.4. The fourth-order valence-corrected chi connectivity index (χ4v) is 3.73. The summed E-state index contributed by atoms with van der Waals surface area (Å²) in [6.07, 6.45) is 12.8. The van der Waals surface area contributed by atoms with E-state index in [0.29, 0.717) is 6.04 Å². The largest absolute Gasteiger partial charge is 0.327 e. The molecule has 0 amide bonds. The van der Waals surface area contributed by atoms with Crippen molar-refractivity contribution in [2.45, 2.75) is 70.8 Å². The Kier molecular flexibility index (Phi) is 4.07. The zero-order chi connectivity index (χ0) is 10.7. The maximum atomic E-state index is 6.49. The third kappa shape index (κ3) is 2.96. The Morgan fingerprint density at radius 2 is 1.53 bits per heavy atom. The van der Waals surface area contributed by atoms with E-state index in [1.807, 2.05) is 0 Å². The summed E-state index contributed by atoms with van der Waals surface area (Å²) >= 11 is 0. The van der Waals surface area contributed by atoms with Gasteiger partial charge in [-0.3, -0.25) is 0 Å². The van der Waals surface area contributed by atoms with Crippen molar-refractivity contribution in [2.24, 2.45) is 23.5 Å². The lowest BCUT2D eigenvalue weighted by molar-refractivity contribution is 0.179. The van der Waals surface area contributed by atoms with Crippen LogP contribution in [-0.4, -0.2) is 6.04 Å². The minimum atomic E-state index is 0.521. The highest BCUT2D eigenvalue weighted by molar-refractivity contribution is 4.85. The molecule has 2 fully saturated rings. The quantitative estimate of drug-likeness (QED) is 0.737. The van der Waals surface area contributed by atoms with Gasteiger partial charge in [0.25, 0.3) is 0 Å². The van der Waals surface area contributed by atoms with Gasteiger partial charge >= 0.3 is 0 Å². The molecule has 0 radical (unpaired) electrons. The molecule has 15 heavy (non-hydrogen) atoms. The highest BCUT2D eigenvalue weighted by atomic mass is 14.7. The molecular formula is C14H27N. The Hall–Kier alpha value is -0.0400. The highest BCUT2D eigenvalue weighted by Crippen LogP contribution is 2.36. The van der Waals surface area contributed by atoms with Crippen molar-refractivity contribution in [3.8, 4) is 0 Å². The maximum absolute atomic E-state index is 6.49. The Labute approximate surface area is 94.8 Å². The lowest BCUT2D eigenvalue weighted by Gasteiger charge is -2.37. The third-order valence-corrected chi connectivity index (χ3v) is 4.72. The van der Waals surface area contributed by atoms with Gasteiger partial charge in [-0.05, 0) is 43.4 Å². The van der Waals surface area contributed by atoms with Crippen LogP contribution in [0.5, 0.6) is 0 Å². The second-order valence-corrected chi connectivity index (χ2v) is 6.01. The van der Waals surface area contributed by atoms with E-state index < -0.39 is 0 Å². The molecule has 0 aromatic heterocycles. The molecule has 3 atom stereocenters. The Bertz CT molecular complexity index is 184. The molecule has 1 nitrogen and oxygen atoms in total. The van der Waals surface area contributed by atoms with Crippen molar-refractivity contribution in [1.82, 2.24) is 0 Å². The topological polar surface area (TPSA) is 26.0 Å². The molecule has 0 bridgehead atoms. The molecular weight excluding hydrogens is 182 g/mol. The molecule has 1 heteroatoms. The van der Waals surface area contributed by atoms with Crippen LogP contribution in [0.1, 0.15) is 64.7 Å². The fraction of sp³-hybridized carbons (Fsp3) is 1.00. The van der Waals surface area contributed by atoms with E-state index in [1.165, 1.54) is 57.8 Å². The van der Waals surface area contributed by atoms with E-state index in [1.54, 1.807) is 0 Å². The predicted molar refractivity (Wildman–Crippen MR) is 65.7 cm³/mol. The van der Waals surface area contributed by atoms with Crippen LogP contribution < -0.4 is 5.73 Å². The fourth-order valence-electron chi connectivity index (χ4n) is 3.73. The summed E-state index contributed by atoms with van der Waals surface area (Å²) in [6, 6.07) is 0.521. The molecule has 88 valence electrons. The molecule has 0 aromatic carbocycles. The monoisotopic (exact) mass is 209 g/mol. The van der Waals surface area contributed by atoms with Crippen LogP contribution in [-0.2, 0) is 0 Å². The van der Waals surface area contributed by atoms with Gasteiger partial charge in [-0.25, -0.2) is 0 Å². The van der Waals surface area contributed by atoms with Gasteiger partial charge in [-0.1, -0.05) is 39.0 Å². The molecule has 0 aromatic rings. The minimum Gasteiger partial charge on any atom is -0.327 e. The van der Waals surface area contributed by atoms with Crippen molar-refractivity contribution in [3.63, 3.8) is 0 Å². The van der Waals surface area contributed by atoms with Gasteiger partial charge in [-0.15, -0.1) is 0 Å². The summed E-state index contributed by atoms with van der Waals surface area (Å²) in [4.78, 5) is 0. The Balaban J connectivity index is 1.85. The van der Waals surface area contributed by atoms with Crippen molar-refractivity contribution in [2.75, 3.05) is 0 Å². The van der Waals surface area contributed by atoms with E-state index in [2.05, 4.69) is 6.92 Å². The first-order chi connectivity index (χ1) is 7.27. The summed E-state index contributed by atoms with van der Waals surface area (Å²) < 4.78 is 0. The zero-order valence-corrected chi connectivity index (χ0v) is 10.3. The van der Waals surface area contributed by atoms with E-state index >= 15 is 0 Å². The summed E-state index contributed by atoms with van der Waals surface area (Å²) in [6.45, 7) is 2.40. The van der Waals surface area contributed by atoms with E-state index in [0.717, 1.165) is 17.8 Å². The van der Waals surface area contributed by atoms with Crippen LogP contribution in [0, 0.1) is 17.8 Å². The second kappa shape index (κ2) is 5.34. The van der Waals surface area contributed by atoms with Crippen molar-refractivity contribution < 1.29 is 0 Å². The van der Waals surface area contributed by atoms with Gasteiger partial charge in [0.05, 0.1) is 0 Å². The summed E-state index contributed by atoms with van der Waals surface area (Å²) in [5, 5.41) is 0. The molecule has 2 rings (SSSR count). The van der Waals surface area contributed by atoms with Crippen LogP contribution in [0.3, 0.4) is 0 Å². The van der Waals surface area contributed by atoms with Gasteiger partial charge < -0.3 is 5.73 Å². The summed E-state index contributed by atoms with van der Waals surface area (Å²) in [5.41, 5.74) is 6.49. The van der Waals surface area contributed by atoms with Gasteiger partial charge in [0, 0.05) is 6.04 Å². The molecule has 2 N–H and O–H groups in total. The van der Waals surface area contributed by atoms with E-state index in [9.17, 15) is 0 Å². The lowest BCUT2D eigenvalue weighted by atomic mass is 9.72. The molecule has 2 aliphatic carbocycles. The predicted octanol–water partition coefficient (Wildman–Crippen LogP) is 3.72. The SMILES string of the molecule is CC1CCCC(C(N)C2CCCCC2)C1. The van der Waals surface area contributed by atoms with Crippen LogP contribution in [0.15, 0.2) is 0 Å². The van der Waals surface area contributed by atoms with E-state index in [4.69, 9.17) is 5.73 Å². The molecule has 0 heterocycles. The van der Waals surface area contributed by atoms with Crippen LogP contribution >= 0.6 is 0 Å². The highest BCUT2D eigenvalue weighted by Gasteiger charge is 2.30. The van der Waals surface area contributed by atoms with Crippen LogP contribution in [0.4, 0.5) is 0 Å². The van der Waals surface area contributed by atoms with Crippen LogP contribution in [0.25, 0.3) is 0 Å². The number of hydrogen-bond acceptors (Lipinski definition) is 1. The van der Waals surface area contributed by atoms with Gasteiger partial charge in [-0.2, -0.15) is 0 Å². The van der Waals surface area contributed by atoms with Gasteiger partial charge in [0.15, 0.2) is 0 Å². The van der Waals surface area contributed by atoms with Gasteiger partial charge in [0.2, 0.25) is 0 Å². The maximum Gasteiger partial charge on any atom is 0.00957 e. The standard InChI is InChI=1S/C14H27N/c1-11-6-5-9-13(10-11)14(15)12-7-3-2-4-8-12/h11-14H,2-10,15H2,1H3. The zero-order valence-electron chi connectivity index (χ0n) is 10.3.